The molecule has 1 atom stereocenters. The van der Waals surface area contributed by atoms with E-state index in [9.17, 15) is 9.59 Å². The van der Waals surface area contributed by atoms with Crippen molar-refractivity contribution in [3.8, 4) is 0 Å². The molecule has 1 aliphatic rings. The van der Waals surface area contributed by atoms with Gasteiger partial charge in [-0.05, 0) is 30.0 Å². The van der Waals surface area contributed by atoms with Gasteiger partial charge in [0.15, 0.2) is 0 Å². The summed E-state index contributed by atoms with van der Waals surface area (Å²) in [5.74, 6) is -0.972. The molecule has 1 aromatic carbocycles. The van der Waals surface area contributed by atoms with E-state index >= 15 is 0 Å². The number of nitrogens with two attached hydrogens (primary N) is 1. The number of primary amides is 1. The van der Waals surface area contributed by atoms with Crippen LogP contribution in [0.1, 0.15) is 38.4 Å². The minimum atomic E-state index is -0.554. The van der Waals surface area contributed by atoms with E-state index in [4.69, 9.17) is 10.5 Å². The van der Waals surface area contributed by atoms with Gasteiger partial charge < -0.3 is 15.0 Å². The fourth-order valence-corrected chi connectivity index (χ4v) is 2.88. The second-order valence-electron chi connectivity index (χ2n) is 5.63. The Labute approximate surface area is 128 Å². The quantitative estimate of drug-likeness (QED) is 0.879. The molecule has 0 unspecified atom stereocenters. The van der Waals surface area contributed by atoms with Crippen molar-refractivity contribution in [1.29, 1.82) is 0 Å². The molecule has 1 aromatic heterocycles. The van der Waals surface area contributed by atoms with E-state index in [-0.39, 0.29) is 6.10 Å². The Hall–Kier alpha value is -2.56. The van der Waals surface area contributed by atoms with E-state index in [1.807, 2.05) is 12.1 Å². The van der Waals surface area contributed by atoms with Crippen molar-refractivity contribution >= 4 is 11.9 Å². The first kappa shape index (κ1) is 14.4. The second-order valence-corrected chi connectivity index (χ2v) is 5.63. The van der Waals surface area contributed by atoms with Crippen LogP contribution in [-0.4, -0.2) is 22.5 Å². The Morgan fingerprint density at radius 3 is 2.68 bits per heavy atom. The van der Waals surface area contributed by atoms with Crippen LogP contribution in [0.5, 0.6) is 0 Å². The van der Waals surface area contributed by atoms with Crippen molar-refractivity contribution in [2.45, 2.75) is 25.4 Å². The molecule has 1 aliphatic carbocycles. The molecular formula is C17H18N2O3. The molecule has 5 heteroatoms. The summed E-state index contributed by atoms with van der Waals surface area (Å²) in [6, 6.07) is 9.69. The van der Waals surface area contributed by atoms with Crippen molar-refractivity contribution in [1.82, 2.24) is 4.57 Å². The van der Waals surface area contributed by atoms with Gasteiger partial charge in [-0.25, -0.2) is 4.79 Å². The van der Waals surface area contributed by atoms with E-state index in [2.05, 4.69) is 12.1 Å². The summed E-state index contributed by atoms with van der Waals surface area (Å²) >= 11 is 0. The van der Waals surface area contributed by atoms with Gasteiger partial charge in [-0.1, -0.05) is 24.3 Å². The molecule has 0 radical (unpaired) electrons. The van der Waals surface area contributed by atoms with Crippen LogP contribution < -0.4 is 5.73 Å². The van der Waals surface area contributed by atoms with Gasteiger partial charge in [-0.15, -0.1) is 0 Å². The molecule has 0 saturated carbocycles. The lowest BCUT2D eigenvalue weighted by Crippen LogP contribution is -2.26. The molecular weight excluding hydrogens is 280 g/mol. The number of amides is 1. The highest BCUT2D eigenvalue weighted by Crippen LogP contribution is 2.23. The SMILES string of the molecule is Cn1cc(C(N)=O)cc1C(=O)O[C@H]1CCc2ccccc2C1. The first-order valence-electron chi connectivity index (χ1n) is 7.28. The third kappa shape index (κ3) is 2.74. The fourth-order valence-electron chi connectivity index (χ4n) is 2.88. The number of ether oxygens (including phenoxy) is 1. The van der Waals surface area contributed by atoms with Crippen LogP contribution in [0.2, 0.25) is 0 Å². The highest BCUT2D eigenvalue weighted by Gasteiger charge is 2.24. The summed E-state index contributed by atoms with van der Waals surface area (Å²) in [5, 5.41) is 0. The molecule has 2 aromatic rings. The molecule has 5 nitrogen and oxygen atoms in total. The molecule has 0 spiro atoms. The number of carbonyl (C=O) groups is 2. The van der Waals surface area contributed by atoms with Crippen LogP contribution in [0, 0.1) is 0 Å². The van der Waals surface area contributed by atoms with Crippen molar-refractivity contribution in [2.24, 2.45) is 12.8 Å². The van der Waals surface area contributed by atoms with Gasteiger partial charge in [0.1, 0.15) is 11.8 Å². The number of carbonyl (C=O) groups excluding carboxylic acids is 2. The molecule has 22 heavy (non-hydrogen) atoms. The Balaban J connectivity index is 1.72. The van der Waals surface area contributed by atoms with Crippen LogP contribution in [-0.2, 0) is 24.6 Å². The van der Waals surface area contributed by atoms with Crippen LogP contribution in [0.4, 0.5) is 0 Å². The van der Waals surface area contributed by atoms with Crippen molar-refractivity contribution in [3.05, 3.63) is 58.9 Å². The molecule has 0 aliphatic heterocycles. The average Bonchev–Trinajstić information content (AvgIpc) is 2.89. The van der Waals surface area contributed by atoms with Crippen molar-refractivity contribution in [3.63, 3.8) is 0 Å². The van der Waals surface area contributed by atoms with E-state index in [0.29, 0.717) is 11.3 Å². The number of hydrogen-bond donors (Lipinski definition) is 1. The third-order valence-electron chi connectivity index (χ3n) is 4.07. The number of hydrogen-bond acceptors (Lipinski definition) is 3. The Kier molecular flexibility index (Phi) is 3.71. The van der Waals surface area contributed by atoms with Crippen molar-refractivity contribution in [2.75, 3.05) is 0 Å². The van der Waals surface area contributed by atoms with Crippen LogP contribution >= 0.6 is 0 Å². The third-order valence-corrected chi connectivity index (χ3v) is 4.07. The molecule has 1 amide bonds. The van der Waals surface area contributed by atoms with Crippen molar-refractivity contribution < 1.29 is 14.3 Å². The summed E-state index contributed by atoms with van der Waals surface area (Å²) in [4.78, 5) is 23.5. The predicted octanol–water partition coefficient (Wildman–Crippen LogP) is 1.84. The van der Waals surface area contributed by atoms with Gasteiger partial charge in [0.2, 0.25) is 5.91 Å². The summed E-state index contributed by atoms with van der Waals surface area (Å²) in [6.07, 6.45) is 3.86. The highest BCUT2D eigenvalue weighted by molar-refractivity contribution is 5.96. The van der Waals surface area contributed by atoms with E-state index in [0.717, 1.165) is 19.3 Å². The molecule has 1 heterocycles. The summed E-state index contributed by atoms with van der Waals surface area (Å²) < 4.78 is 7.16. The Bertz CT molecular complexity index is 733. The molecule has 0 fully saturated rings. The Morgan fingerprint density at radius 2 is 2.00 bits per heavy atom. The van der Waals surface area contributed by atoms with E-state index in [1.165, 1.54) is 23.4 Å². The smallest absolute Gasteiger partial charge is 0.355 e. The Morgan fingerprint density at radius 1 is 1.27 bits per heavy atom. The van der Waals surface area contributed by atoms with E-state index < -0.39 is 11.9 Å². The zero-order chi connectivity index (χ0) is 15.7. The summed E-state index contributed by atoms with van der Waals surface area (Å²) in [7, 11) is 1.69. The van der Waals surface area contributed by atoms with Gasteiger partial charge in [0.25, 0.3) is 0 Å². The monoisotopic (exact) mass is 298 g/mol. The zero-order valence-corrected chi connectivity index (χ0v) is 12.4. The molecule has 114 valence electrons. The van der Waals surface area contributed by atoms with Gasteiger partial charge in [0.05, 0.1) is 5.56 Å². The average molecular weight is 298 g/mol. The van der Waals surface area contributed by atoms with Gasteiger partial charge in [0, 0.05) is 19.7 Å². The van der Waals surface area contributed by atoms with Crippen LogP contribution in [0.15, 0.2) is 36.5 Å². The van der Waals surface area contributed by atoms with Gasteiger partial charge >= 0.3 is 5.97 Å². The number of nitrogens with zero attached hydrogens (tertiary/aromatic N) is 1. The maximum absolute atomic E-state index is 12.3. The largest absolute Gasteiger partial charge is 0.457 e. The number of benzene rings is 1. The maximum atomic E-state index is 12.3. The lowest BCUT2D eigenvalue weighted by Gasteiger charge is -2.24. The van der Waals surface area contributed by atoms with Gasteiger partial charge in [-0.3, -0.25) is 4.79 Å². The first-order chi connectivity index (χ1) is 10.5. The van der Waals surface area contributed by atoms with Crippen LogP contribution in [0.25, 0.3) is 0 Å². The lowest BCUT2D eigenvalue weighted by atomic mass is 9.90. The summed E-state index contributed by atoms with van der Waals surface area (Å²) in [6.45, 7) is 0. The standard InChI is InChI=1S/C17H18N2O3/c1-19-10-13(16(18)20)9-15(19)17(21)22-14-7-6-11-4-2-3-5-12(11)8-14/h2-5,9-10,14H,6-8H2,1H3,(H2,18,20)/t14-/m0/s1. The molecule has 2 N–H and O–H groups in total. The highest BCUT2D eigenvalue weighted by atomic mass is 16.5. The van der Waals surface area contributed by atoms with E-state index in [1.54, 1.807) is 11.6 Å². The minimum Gasteiger partial charge on any atom is -0.457 e. The zero-order valence-electron chi connectivity index (χ0n) is 12.4. The second kappa shape index (κ2) is 5.67. The fraction of sp³-hybridized carbons (Fsp3) is 0.294. The number of aryl methyl sites for hydroxylation is 2. The first-order valence-corrected chi connectivity index (χ1v) is 7.28. The minimum absolute atomic E-state index is 0.130. The summed E-state index contributed by atoms with van der Waals surface area (Å²) in [5.41, 5.74) is 8.43. The normalized spacial score (nSPS) is 16.9. The van der Waals surface area contributed by atoms with Gasteiger partial charge in [-0.2, -0.15) is 0 Å². The van der Waals surface area contributed by atoms with Crippen LogP contribution in [0.3, 0.4) is 0 Å². The molecule has 0 saturated heterocycles. The molecule has 3 rings (SSSR count). The number of rotatable bonds is 3. The molecule has 0 bridgehead atoms. The number of aromatic nitrogens is 1. The maximum Gasteiger partial charge on any atom is 0.355 e. The number of fused-ring (bicyclic) bond motifs is 1. The lowest BCUT2D eigenvalue weighted by molar-refractivity contribution is 0.0260. The predicted molar refractivity (Wildman–Crippen MR) is 81.6 cm³/mol. The topological polar surface area (TPSA) is 74.3 Å². The number of esters is 1.